The van der Waals surface area contributed by atoms with Gasteiger partial charge in [0.15, 0.2) is 6.23 Å². The van der Waals surface area contributed by atoms with Gasteiger partial charge in [-0.2, -0.15) is 0 Å². The summed E-state index contributed by atoms with van der Waals surface area (Å²) in [6, 6.07) is 46.1. The minimum absolute atomic E-state index is 0.164. The van der Waals surface area contributed by atoms with Crippen molar-refractivity contribution in [3.05, 3.63) is 151 Å². The molecule has 5 aromatic carbocycles. The fraction of sp³-hybridized carbons (Fsp3) is 0.0556. The van der Waals surface area contributed by atoms with Crippen LogP contribution in [0.15, 0.2) is 140 Å². The molecule has 40 heavy (non-hydrogen) atoms. The van der Waals surface area contributed by atoms with Crippen molar-refractivity contribution in [3.8, 4) is 39.4 Å². The maximum atomic E-state index is 6.98. The Kier molecular flexibility index (Phi) is 5.23. The molecule has 0 saturated carbocycles. The number of rotatable bonds is 3. The van der Waals surface area contributed by atoms with Gasteiger partial charge in [-0.3, -0.25) is 4.98 Å². The van der Waals surface area contributed by atoms with Gasteiger partial charge in [0, 0.05) is 27.9 Å². The molecule has 4 nitrogen and oxygen atoms in total. The molecule has 0 bridgehead atoms. The second-order valence-electron chi connectivity index (χ2n) is 10.1. The Morgan fingerprint density at radius 1 is 0.575 bits per heavy atom. The molecule has 2 atom stereocenters. The zero-order valence-electron chi connectivity index (χ0n) is 21.7. The molecule has 1 aromatic heterocycles. The van der Waals surface area contributed by atoms with Gasteiger partial charge in [-0.15, -0.1) is 0 Å². The van der Waals surface area contributed by atoms with E-state index in [-0.39, 0.29) is 12.1 Å². The predicted octanol–water partition coefficient (Wildman–Crippen LogP) is 8.48. The molecule has 0 saturated heterocycles. The van der Waals surface area contributed by atoms with Crippen LogP contribution in [0.1, 0.15) is 17.2 Å². The minimum atomic E-state index is -0.332. The van der Waals surface area contributed by atoms with E-state index in [0.29, 0.717) is 0 Å². The number of ether oxygens (including phenoxy) is 1. The normalized spacial score (nSPS) is 16.6. The fourth-order valence-electron chi connectivity index (χ4n) is 6.10. The summed E-state index contributed by atoms with van der Waals surface area (Å²) < 4.78 is 6.98. The maximum Gasteiger partial charge on any atom is 0.189 e. The standard InChI is InChI=1S/C36H25N3O/c1-3-13-24(14-4-1)29-23-37-35(34(38-29)25-15-5-2-6-16-25)33-28-19-8-11-21-31(28)39-30-20-10-7-17-26(30)27-18-9-12-22-32(27)40-36(33)39/h1-23,33,36H. The Hall–Kier alpha value is -5.22. The number of aromatic nitrogens is 2. The van der Waals surface area contributed by atoms with Crippen LogP contribution in [0.4, 0.5) is 11.4 Å². The highest BCUT2D eigenvalue weighted by Gasteiger charge is 2.46. The molecule has 0 fully saturated rings. The van der Waals surface area contributed by atoms with Crippen LogP contribution in [0, 0.1) is 0 Å². The van der Waals surface area contributed by atoms with Gasteiger partial charge in [-0.1, -0.05) is 115 Å². The van der Waals surface area contributed by atoms with Crippen LogP contribution in [0.25, 0.3) is 33.6 Å². The summed E-state index contributed by atoms with van der Waals surface area (Å²) in [5, 5.41) is 0. The molecule has 6 aromatic rings. The topological polar surface area (TPSA) is 38.2 Å². The van der Waals surface area contributed by atoms with Crippen LogP contribution in [0.2, 0.25) is 0 Å². The van der Waals surface area contributed by atoms with Crippen molar-refractivity contribution in [1.82, 2.24) is 9.97 Å². The molecule has 0 radical (unpaired) electrons. The van der Waals surface area contributed by atoms with Crippen molar-refractivity contribution < 1.29 is 4.74 Å². The van der Waals surface area contributed by atoms with Crippen LogP contribution in [0.3, 0.4) is 0 Å². The van der Waals surface area contributed by atoms with Crippen LogP contribution in [-0.4, -0.2) is 16.2 Å². The van der Waals surface area contributed by atoms with Gasteiger partial charge < -0.3 is 9.64 Å². The third-order valence-electron chi connectivity index (χ3n) is 7.87. The summed E-state index contributed by atoms with van der Waals surface area (Å²) >= 11 is 0. The molecule has 0 N–H and O–H groups in total. The lowest BCUT2D eigenvalue weighted by Gasteiger charge is -2.30. The summed E-state index contributed by atoms with van der Waals surface area (Å²) in [6.45, 7) is 0. The van der Waals surface area contributed by atoms with Crippen molar-refractivity contribution in [3.63, 3.8) is 0 Å². The van der Waals surface area contributed by atoms with Crippen molar-refractivity contribution >= 4 is 11.4 Å². The highest BCUT2D eigenvalue weighted by atomic mass is 16.5. The number of benzene rings is 5. The Bertz CT molecular complexity index is 1850. The third kappa shape index (κ3) is 3.53. The number of para-hydroxylation sites is 3. The SMILES string of the molecule is c1ccc(-c2cnc(C3c4ccccc4N4c5ccccc5-c5ccccc5OC34)c(-c3ccccc3)n2)cc1. The lowest BCUT2D eigenvalue weighted by molar-refractivity contribution is 0.201. The van der Waals surface area contributed by atoms with E-state index in [1.54, 1.807) is 0 Å². The monoisotopic (exact) mass is 515 g/mol. The van der Waals surface area contributed by atoms with Gasteiger partial charge in [0.25, 0.3) is 0 Å². The fourth-order valence-corrected chi connectivity index (χ4v) is 6.10. The molecule has 2 unspecified atom stereocenters. The Morgan fingerprint density at radius 2 is 1.20 bits per heavy atom. The quantitative estimate of drug-likeness (QED) is 0.237. The first-order chi connectivity index (χ1) is 19.9. The first kappa shape index (κ1) is 22.7. The van der Waals surface area contributed by atoms with Crippen LogP contribution >= 0.6 is 0 Å². The van der Waals surface area contributed by atoms with Crippen molar-refractivity contribution in [2.75, 3.05) is 4.90 Å². The van der Waals surface area contributed by atoms with Gasteiger partial charge in [0.1, 0.15) is 5.75 Å². The molecule has 2 aliphatic heterocycles. The molecule has 2 aliphatic rings. The second kappa shape index (κ2) is 9.21. The molecule has 4 heteroatoms. The van der Waals surface area contributed by atoms with Crippen molar-refractivity contribution in [2.45, 2.75) is 12.1 Å². The first-order valence-corrected chi connectivity index (χ1v) is 13.6. The number of anilines is 2. The minimum Gasteiger partial charge on any atom is -0.468 e. The smallest absolute Gasteiger partial charge is 0.189 e. The lowest BCUT2D eigenvalue weighted by atomic mass is 9.92. The average molecular weight is 516 g/mol. The van der Waals surface area contributed by atoms with E-state index in [9.17, 15) is 0 Å². The lowest BCUT2D eigenvalue weighted by Crippen LogP contribution is -2.36. The number of fused-ring (bicyclic) bond motifs is 7. The number of hydrogen-bond donors (Lipinski definition) is 0. The average Bonchev–Trinajstić information content (AvgIpc) is 3.27. The number of nitrogens with zero attached hydrogens (tertiary/aromatic N) is 3. The Labute approximate surface area is 233 Å². The summed E-state index contributed by atoms with van der Waals surface area (Å²) in [5.74, 6) is 0.707. The van der Waals surface area contributed by atoms with Gasteiger partial charge >= 0.3 is 0 Å². The van der Waals surface area contributed by atoms with Crippen molar-refractivity contribution in [1.29, 1.82) is 0 Å². The van der Waals surface area contributed by atoms with Gasteiger partial charge in [0.2, 0.25) is 0 Å². The van der Waals surface area contributed by atoms with E-state index in [1.165, 1.54) is 5.56 Å². The molecular weight excluding hydrogens is 490 g/mol. The van der Waals surface area contributed by atoms with E-state index < -0.39 is 0 Å². The molecule has 0 amide bonds. The van der Waals surface area contributed by atoms with E-state index >= 15 is 0 Å². The molecule has 190 valence electrons. The highest BCUT2D eigenvalue weighted by Crippen LogP contribution is 2.54. The second-order valence-corrected chi connectivity index (χ2v) is 10.1. The van der Waals surface area contributed by atoms with Crippen LogP contribution in [-0.2, 0) is 0 Å². The zero-order valence-corrected chi connectivity index (χ0v) is 21.7. The Balaban J connectivity index is 1.38. The first-order valence-electron chi connectivity index (χ1n) is 13.6. The van der Waals surface area contributed by atoms with E-state index in [2.05, 4.69) is 108 Å². The summed E-state index contributed by atoms with van der Waals surface area (Å²) in [7, 11) is 0. The predicted molar refractivity (Wildman–Crippen MR) is 160 cm³/mol. The largest absolute Gasteiger partial charge is 0.468 e. The van der Waals surface area contributed by atoms with Crippen LogP contribution in [0.5, 0.6) is 5.75 Å². The van der Waals surface area contributed by atoms with Crippen LogP contribution < -0.4 is 9.64 Å². The zero-order chi connectivity index (χ0) is 26.5. The summed E-state index contributed by atoms with van der Waals surface area (Å²) in [5.41, 5.74) is 10.4. The van der Waals surface area contributed by atoms with E-state index in [0.717, 1.165) is 56.5 Å². The molecular formula is C36H25N3O. The third-order valence-corrected chi connectivity index (χ3v) is 7.87. The van der Waals surface area contributed by atoms with Gasteiger partial charge in [-0.25, -0.2) is 4.98 Å². The van der Waals surface area contributed by atoms with E-state index in [4.69, 9.17) is 14.7 Å². The summed E-state index contributed by atoms with van der Waals surface area (Å²) in [4.78, 5) is 12.8. The summed E-state index contributed by atoms with van der Waals surface area (Å²) in [6.07, 6.45) is 1.57. The maximum absolute atomic E-state index is 6.98. The molecule has 0 spiro atoms. The molecule has 0 aliphatic carbocycles. The van der Waals surface area contributed by atoms with Gasteiger partial charge in [0.05, 0.1) is 34.9 Å². The van der Waals surface area contributed by atoms with E-state index in [1.807, 2.05) is 36.5 Å². The van der Waals surface area contributed by atoms with Gasteiger partial charge in [-0.05, 0) is 23.8 Å². The Morgan fingerprint density at radius 3 is 2.00 bits per heavy atom. The van der Waals surface area contributed by atoms with Crippen molar-refractivity contribution in [2.24, 2.45) is 0 Å². The molecule has 8 rings (SSSR count). The highest BCUT2D eigenvalue weighted by molar-refractivity contribution is 5.89. The number of hydrogen-bond acceptors (Lipinski definition) is 4. The molecule has 3 heterocycles.